The Morgan fingerprint density at radius 1 is 0.914 bits per heavy atom. The molecule has 0 bridgehead atoms. The number of carbonyl (C=O) groups excluding carboxylic acids is 3. The Labute approximate surface area is 206 Å². The Hall–Kier alpha value is -3.75. The number of nitrogens with one attached hydrogen (secondary N) is 3. The molecule has 2 aromatic carbocycles. The van der Waals surface area contributed by atoms with Gasteiger partial charge in [0.2, 0.25) is 5.91 Å². The lowest BCUT2D eigenvalue weighted by molar-refractivity contribution is -0.118. The fraction of sp³-hybridized carbons (Fsp3) is 0.423. The van der Waals surface area contributed by atoms with E-state index in [1.807, 2.05) is 30.3 Å². The molecule has 0 aromatic heterocycles. The lowest BCUT2D eigenvalue weighted by atomic mass is 10.1. The van der Waals surface area contributed by atoms with Crippen LogP contribution in [0.25, 0.3) is 0 Å². The molecule has 0 aliphatic rings. The van der Waals surface area contributed by atoms with Crippen molar-refractivity contribution >= 4 is 23.8 Å². The first-order valence-electron chi connectivity index (χ1n) is 11.6. The summed E-state index contributed by atoms with van der Waals surface area (Å²) in [5, 5.41) is 8.14. The minimum atomic E-state index is -0.818. The minimum Gasteiger partial charge on any atom is -0.497 e. The molecule has 35 heavy (non-hydrogen) atoms. The molecule has 3 N–H and O–H groups in total. The van der Waals surface area contributed by atoms with Crippen molar-refractivity contribution in [2.75, 3.05) is 19.0 Å². The standard InChI is InChI=1S/C26H35N3O6/c1-26(2,3)35-24(31)27-17-9-8-12-22(23(30)28-20-13-15-21(33-4)16-14-20)29-25(32)34-18-19-10-6-5-7-11-19/h5-7,10-11,13-16,22H,8-9,12,17-18H2,1-4H3,(H,27,31)(H,28,30)(H,29,32)/t22-/m0/s1. The summed E-state index contributed by atoms with van der Waals surface area (Å²) < 4.78 is 15.6. The van der Waals surface area contributed by atoms with Crippen LogP contribution in [0, 0.1) is 0 Å². The molecular weight excluding hydrogens is 450 g/mol. The molecule has 190 valence electrons. The van der Waals surface area contributed by atoms with Gasteiger partial charge in [0, 0.05) is 12.2 Å². The maximum atomic E-state index is 12.9. The molecule has 0 saturated heterocycles. The zero-order chi connectivity index (χ0) is 25.7. The van der Waals surface area contributed by atoms with Crippen molar-refractivity contribution in [2.24, 2.45) is 0 Å². The van der Waals surface area contributed by atoms with Crippen LogP contribution >= 0.6 is 0 Å². The molecule has 0 aliphatic heterocycles. The number of carbonyl (C=O) groups is 3. The maximum absolute atomic E-state index is 12.9. The molecule has 0 heterocycles. The van der Waals surface area contributed by atoms with E-state index in [4.69, 9.17) is 14.2 Å². The number of hydrogen-bond donors (Lipinski definition) is 3. The zero-order valence-corrected chi connectivity index (χ0v) is 20.8. The quantitative estimate of drug-likeness (QED) is 0.400. The molecule has 0 spiro atoms. The summed E-state index contributed by atoms with van der Waals surface area (Å²) in [7, 11) is 1.56. The van der Waals surface area contributed by atoms with Crippen LogP contribution in [-0.4, -0.2) is 43.4 Å². The van der Waals surface area contributed by atoms with Gasteiger partial charge in [-0.25, -0.2) is 9.59 Å². The number of unbranched alkanes of at least 4 members (excludes halogenated alkanes) is 1. The van der Waals surface area contributed by atoms with E-state index in [9.17, 15) is 14.4 Å². The molecule has 9 nitrogen and oxygen atoms in total. The molecular formula is C26H35N3O6. The molecule has 0 saturated carbocycles. The van der Waals surface area contributed by atoms with E-state index in [1.165, 1.54) is 0 Å². The van der Waals surface area contributed by atoms with Crippen molar-refractivity contribution in [1.29, 1.82) is 0 Å². The first kappa shape index (κ1) is 27.5. The third kappa shape index (κ3) is 11.3. The molecule has 1 atom stereocenters. The van der Waals surface area contributed by atoms with Crippen LogP contribution in [-0.2, 0) is 20.9 Å². The van der Waals surface area contributed by atoms with Crippen LogP contribution in [0.1, 0.15) is 45.6 Å². The van der Waals surface area contributed by atoms with Crippen molar-refractivity contribution in [3.05, 3.63) is 60.2 Å². The van der Waals surface area contributed by atoms with E-state index in [2.05, 4.69) is 16.0 Å². The highest BCUT2D eigenvalue weighted by molar-refractivity contribution is 5.96. The van der Waals surface area contributed by atoms with Crippen LogP contribution in [0.4, 0.5) is 15.3 Å². The van der Waals surface area contributed by atoms with E-state index in [0.717, 1.165) is 5.56 Å². The summed E-state index contributed by atoms with van der Waals surface area (Å²) >= 11 is 0. The summed E-state index contributed by atoms with van der Waals surface area (Å²) in [6.45, 7) is 5.86. The van der Waals surface area contributed by atoms with E-state index in [1.54, 1.807) is 52.1 Å². The summed E-state index contributed by atoms with van der Waals surface area (Å²) in [6, 6.07) is 15.3. The van der Waals surface area contributed by atoms with Gasteiger partial charge in [-0.05, 0) is 69.9 Å². The van der Waals surface area contributed by atoms with Crippen molar-refractivity contribution < 1.29 is 28.6 Å². The summed E-state index contributed by atoms with van der Waals surface area (Å²) in [6.07, 6.45) is 0.365. The summed E-state index contributed by atoms with van der Waals surface area (Å²) in [5.74, 6) is 0.298. The van der Waals surface area contributed by atoms with Gasteiger partial charge in [0.1, 0.15) is 24.0 Å². The number of alkyl carbamates (subject to hydrolysis) is 2. The van der Waals surface area contributed by atoms with E-state index < -0.39 is 23.8 Å². The van der Waals surface area contributed by atoms with Crippen molar-refractivity contribution in [3.8, 4) is 5.75 Å². The first-order valence-corrected chi connectivity index (χ1v) is 11.6. The van der Waals surface area contributed by atoms with Gasteiger partial charge in [-0.2, -0.15) is 0 Å². The minimum absolute atomic E-state index is 0.0965. The molecule has 0 unspecified atom stereocenters. The predicted molar refractivity (Wildman–Crippen MR) is 133 cm³/mol. The van der Waals surface area contributed by atoms with Crippen LogP contribution in [0.2, 0.25) is 0 Å². The van der Waals surface area contributed by atoms with Gasteiger partial charge in [0.05, 0.1) is 7.11 Å². The van der Waals surface area contributed by atoms with Crippen molar-refractivity contribution in [3.63, 3.8) is 0 Å². The van der Waals surface area contributed by atoms with Crippen LogP contribution < -0.4 is 20.7 Å². The van der Waals surface area contributed by atoms with Crippen molar-refractivity contribution in [1.82, 2.24) is 10.6 Å². The Morgan fingerprint density at radius 2 is 1.60 bits per heavy atom. The Balaban J connectivity index is 1.89. The summed E-state index contributed by atoms with van der Waals surface area (Å²) in [4.78, 5) is 37.0. The summed E-state index contributed by atoms with van der Waals surface area (Å²) in [5.41, 5.74) is 0.848. The van der Waals surface area contributed by atoms with Gasteiger partial charge in [0.25, 0.3) is 0 Å². The zero-order valence-electron chi connectivity index (χ0n) is 20.8. The third-order valence-corrected chi connectivity index (χ3v) is 4.77. The number of methoxy groups -OCH3 is 1. The van der Waals surface area contributed by atoms with E-state index in [-0.39, 0.29) is 12.5 Å². The fourth-order valence-corrected chi connectivity index (χ4v) is 3.06. The van der Waals surface area contributed by atoms with Crippen LogP contribution in [0.15, 0.2) is 54.6 Å². The average molecular weight is 486 g/mol. The topological polar surface area (TPSA) is 115 Å². The second-order valence-corrected chi connectivity index (χ2v) is 8.90. The van der Waals surface area contributed by atoms with Gasteiger partial charge >= 0.3 is 12.2 Å². The third-order valence-electron chi connectivity index (χ3n) is 4.77. The average Bonchev–Trinajstić information content (AvgIpc) is 2.81. The van der Waals surface area contributed by atoms with E-state index >= 15 is 0 Å². The van der Waals surface area contributed by atoms with Gasteiger partial charge in [-0.3, -0.25) is 4.79 Å². The lowest BCUT2D eigenvalue weighted by Crippen LogP contribution is -2.44. The normalized spacial score (nSPS) is 11.7. The largest absolute Gasteiger partial charge is 0.497 e. The molecule has 3 amide bonds. The van der Waals surface area contributed by atoms with Crippen LogP contribution in [0.3, 0.4) is 0 Å². The number of hydrogen-bond acceptors (Lipinski definition) is 6. The first-order chi connectivity index (χ1) is 16.7. The Kier molecular flexibility index (Phi) is 10.9. The smallest absolute Gasteiger partial charge is 0.408 e. The number of ether oxygens (including phenoxy) is 3. The highest BCUT2D eigenvalue weighted by atomic mass is 16.6. The second kappa shape index (κ2) is 13.8. The number of anilines is 1. The second-order valence-electron chi connectivity index (χ2n) is 8.90. The van der Waals surface area contributed by atoms with Gasteiger partial charge in [-0.15, -0.1) is 0 Å². The van der Waals surface area contributed by atoms with Crippen LogP contribution in [0.5, 0.6) is 5.75 Å². The predicted octanol–water partition coefficient (Wildman–Crippen LogP) is 4.62. The van der Waals surface area contributed by atoms with Gasteiger partial charge < -0.3 is 30.2 Å². The van der Waals surface area contributed by atoms with Crippen molar-refractivity contribution in [2.45, 2.75) is 58.3 Å². The SMILES string of the molecule is COc1ccc(NC(=O)[C@H](CCCCNC(=O)OC(C)(C)C)NC(=O)OCc2ccccc2)cc1. The fourth-order valence-electron chi connectivity index (χ4n) is 3.06. The Bertz CT molecular complexity index is 942. The highest BCUT2D eigenvalue weighted by Crippen LogP contribution is 2.16. The maximum Gasteiger partial charge on any atom is 0.408 e. The van der Waals surface area contributed by atoms with E-state index in [0.29, 0.717) is 37.2 Å². The number of rotatable bonds is 11. The molecule has 0 aliphatic carbocycles. The van der Waals surface area contributed by atoms with Gasteiger partial charge in [0.15, 0.2) is 0 Å². The molecule has 0 radical (unpaired) electrons. The van der Waals surface area contributed by atoms with Gasteiger partial charge in [-0.1, -0.05) is 30.3 Å². The number of benzene rings is 2. The molecule has 0 fully saturated rings. The molecule has 9 heteroatoms. The lowest BCUT2D eigenvalue weighted by Gasteiger charge is -2.20. The monoisotopic (exact) mass is 485 g/mol. The highest BCUT2D eigenvalue weighted by Gasteiger charge is 2.22. The molecule has 2 rings (SSSR count). The Morgan fingerprint density at radius 3 is 2.23 bits per heavy atom. The molecule has 2 aromatic rings. The number of amides is 3.